The van der Waals surface area contributed by atoms with Crippen LogP contribution in [0.5, 0.6) is 0 Å². The van der Waals surface area contributed by atoms with E-state index in [1.165, 1.54) is 0 Å². The van der Waals surface area contributed by atoms with E-state index in [2.05, 4.69) is 15.5 Å². The van der Waals surface area contributed by atoms with Gasteiger partial charge in [0.05, 0.1) is 17.8 Å². The van der Waals surface area contributed by atoms with Crippen molar-refractivity contribution in [1.82, 2.24) is 10.2 Å². The Morgan fingerprint density at radius 2 is 2.35 bits per heavy atom. The van der Waals surface area contributed by atoms with Crippen LogP contribution < -0.4 is 11.1 Å². The fourth-order valence-corrected chi connectivity index (χ4v) is 1.44. The number of benzene rings is 1. The van der Waals surface area contributed by atoms with Crippen molar-refractivity contribution in [2.75, 3.05) is 5.32 Å². The molecule has 1 aromatic heterocycles. The van der Waals surface area contributed by atoms with Gasteiger partial charge in [-0.2, -0.15) is 5.10 Å². The summed E-state index contributed by atoms with van der Waals surface area (Å²) in [5, 5.41) is 10.5. The maximum atomic E-state index is 11.6. The zero-order chi connectivity index (χ0) is 11.5. The van der Waals surface area contributed by atoms with Gasteiger partial charge in [-0.15, -0.1) is 12.4 Å². The number of nitrogens with zero attached hydrogens (tertiary/aromatic N) is 1. The number of nitrogens with one attached hydrogen (secondary N) is 2. The van der Waals surface area contributed by atoms with Gasteiger partial charge in [-0.1, -0.05) is 6.92 Å². The molecule has 5 nitrogen and oxygen atoms in total. The highest BCUT2D eigenvalue weighted by Crippen LogP contribution is 2.16. The number of carbonyl (C=O) groups is 1. The number of anilines is 1. The summed E-state index contributed by atoms with van der Waals surface area (Å²) in [6, 6.07) is 5.09. The van der Waals surface area contributed by atoms with Gasteiger partial charge < -0.3 is 11.1 Å². The third kappa shape index (κ3) is 2.95. The Hall–Kier alpha value is -1.59. The lowest BCUT2D eigenvalue weighted by atomic mass is 10.2. The summed E-state index contributed by atoms with van der Waals surface area (Å²) in [6.07, 6.45) is 2.34. The van der Waals surface area contributed by atoms with E-state index < -0.39 is 6.04 Å². The summed E-state index contributed by atoms with van der Waals surface area (Å²) < 4.78 is 0. The van der Waals surface area contributed by atoms with Crippen LogP contribution in [0.25, 0.3) is 10.9 Å². The van der Waals surface area contributed by atoms with Crippen LogP contribution in [0.1, 0.15) is 13.3 Å². The second kappa shape index (κ2) is 5.65. The van der Waals surface area contributed by atoms with Gasteiger partial charge >= 0.3 is 0 Å². The third-order valence-corrected chi connectivity index (χ3v) is 2.48. The van der Waals surface area contributed by atoms with E-state index in [1.54, 1.807) is 6.20 Å². The molecule has 0 aliphatic heterocycles. The van der Waals surface area contributed by atoms with Gasteiger partial charge in [0.2, 0.25) is 5.91 Å². The Balaban J connectivity index is 0.00000144. The highest BCUT2D eigenvalue weighted by molar-refractivity contribution is 5.96. The topological polar surface area (TPSA) is 83.8 Å². The quantitative estimate of drug-likeness (QED) is 0.779. The molecule has 1 amide bonds. The molecule has 0 saturated carbocycles. The number of hydrogen-bond donors (Lipinski definition) is 3. The minimum atomic E-state index is -0.458. The van der Waals surface area contributed by atoms with Crippen molar-refractivity contribution in [2.45, 2.75) is 19.4 Å². The number of aromatic amines is 1. The van der Waals surface area contributed by atoms with E-state index in [0.29, 0.717) is 6.42 Å². The minimum absolute atomic E-state index is 0. The van der Waals surface area contributed by atoms with Gasteiger partial charge in [-0.25, -0.2) is 0 Å². The molecule has 92 valence electrons. The molecular weight excluding hydrogens is 240 g/mol. The van der Waals surface area contributed by atoms with Gasteiger partial charge in [-0.3, -0.25) is 9.89 Å². The Bertz CT molecular complexity index is 511. The number of aromatic nitrogens is 2. The smallest absolute Gasteiger partial charge is 0.241 e. The maximum absolute atomic E-state index is 11.6. The first-order valence-electron chi connectivity index (χ1n) is 5.20. The predicted octanol–water partition coefficient (Wildman–Crippen LogP) is 1.66. The number of nitrogens with two attached hydrogens (primary N) is 1. The van der Waals surface area contributed by atoms with Crippen LogP contribution in [0, 0.1) is 0 Å². The largest absolute Gasteiger partial charge is 0.325 e. The number of rotatable bonds is 3. The normalized spacial score (nSPS) is 11.9. The Labute approximate surface area is 105 Å². The Morgan fingerprint density at radius 3 is 3.06 bits per heavy atom. The van der Waals surface area contributed by atoms with Crippen molar-refractivity contribution in [1.29, 1.82) is 0 Å². The molecule has 0 radical (unpaired) electrons. The van der Waals surface area contributed by atoms with Crippen LogP contribution in [-0.4, -0.2) is 22.1 Å². The first-order chi connectivity index (χ1) is 7.70. The average molecular weight is 255 g/mol. The first-order valence-corrected chi connectivity index (χ1v) is 5.20. The summed E-state index contributed by atoms with van der Waals surface area (Å²) in [4.78, 5) is 11.6. The molecule has 6 heteroatoms. The Morgan fingerprint density at radius 1 is 1.59 bits per heavy atom. The molecule has 17 heavy (non-hydrogen) atoms. The van der Waals surface area contributed by atoms with Crippen molar-refractivity contribution in [3.8, 4) is 0 Å². The zero-order valence-electron chi connectivity index (χ0n) is 9.43. The summed E-state index contributed by atoms with van der Waals surface area (Å²) in [7, 11) is 0. The SMILES string of the molecule is CC[C@H](N)C(=O)Nc1ccc2[nH]ncc2c1.Cl. The Kier molecular flexibility index (Phi) is 4.48. The van der Waals surface area contributed by atoms with Crippen LogP contribution >= 0.6 is 12.4 Å². The third-order valence-electron chi connectivity index (χ3n) is 2.48. The van der Waals surface area contributed by atoms with Gasteiger partial charge in [0.25, 0.3) is 0 Å². The van der Waals surface area contributed by atoms with Crippen molar-refractivity contribution in [3.63, 3.8) is 0 Å². The van der Waals surface area contributed by atoms with E-state index in [4.69, 9.17) is 5.73 Å². The monoisotopic (exact) mass is 254 g/mol. The number of carbonyl (C=O) groups excluding carboxylic acids is 1. The molecular formula is C11H15ClN4O. The van der Waals surface area contributed by atoms with Gasteiger partial charge in [0.15, 0.2) is 0 Å². The highest BCUT2D eigenvalue weighted by atomic mass is 35.5. The lowest BCUT2D eigenvalue weighted by molar-refractivity contribution is -0.117. The molecule has 0 spiro atoms. The fraction of sp³-hybridized carbons (Fsp3) is 0.273. The molecule has 1 aromatic carbocycles. The average Bonchev–Trinajstić information content (AvgIpc) is 2.75. The van der Waals surface area contributed by atoms with Crippen molar-refractivity contribution in [2.24, 2.45) is 5.73 Å². The molecule has 0 bridgehead atoms. The molecule has 1 atom stereocenters. The number of H-pyrrole nitrogens is 1. The molecule has 0 fully saturated rings. The lowest BCUT2D eigenvalue weighted by Crippen LogP contribution is -2.34. The maximum Gasteiger partial charge on any atom is 0.241 e. The molecule has 0 unspecified atom stereocenters. The first kappa shape index (κ1) is 13.5. The van der Waals surface area contributed by atoms with Gasteiger partial charge in [0.1, 0.15) is 0 Å². The zero-order valence-corrected chi connectivity index (χ0v) is 10.3. The summed E-state index contributed by atoms with van der Waals surface area (Å²) >= 11 is 0. The molecule has 2 aromatic rings. The van der Waals surface area contributed by atoms with E-state index in [9.17, 15) is 4.79 Å². The van der Waals surface area contributed by atoms with E-state index >= 15 is 0 Å². The summed E-state index contributed by atoms with van der Waals surface area (Å²) in [6.45, 7) is 1.88. The van der Waals surface area contributed by atoms with Crippen LogP contribution in [0.4, 0.5) is 5.69 Å². The molecule has 2 rings (SSSR count). The highest BCUT2D eigenvalue weighted by Gasteiger charge is 2.10. The molecule has 0 saturated heterocycles. The molecule has 1 heterocycles. The number of halogens is 1. The molecule has 0 aliphatic carbocycles. The number of amides is 1. The van der Waals surface area contributed by atoms with Crippen LogP contribution in [-0.2, 0) is 4.79 Å². The lowest BCUT2D eigenvalue weighted by Gasteiger charge is -2.09. The molecule has 4 N–H and O–H groups in total. The second-order valence-electron chi connectivity index (χ2n) is 3.68. The van der Waals surface area contributed by atoms with Crippen molar-refractivity contribution < 1.29 is 4.79 Å². The second-order valence-corrected chi connectivity index (χ2v) is 3.68. The fourth-order valence-electron chi connectivity index (χ4n) is 1.44. The minimum Gasteiger partial charge on any atom is -0.325 e. The molecule has 0 aliphatic rings. The van der Waals surface area contributed by atoms with E-state index in [-0.39, 0.29) is 18.3 Å². The van der Waals surface area contributed by atoms with Crippen LogP contribution in [0.3, 0.4) is 0 Å². The van der Waals surface area contributed by atoms with Gasteiger partial charge in [-0.05, 0) is 24.6 Å². The van der Waals surface area contributed by atoms with E-state index in [0.717, 1.165) is 16.6 Å². The van der Waals surface area contributed by atoms with Crippen LogP contribution in [0.15, 0.2) is 24.4 Å². The van der Waals surface area contributed by atoms with Gasteiger partial charge in [0, 0.05) is 11.1 Å². The van der Waals surface area contributed by atoms with Crippen LogP contribution in [0.2, 0.25) is 0 Å². The number of fused-ring (bicyclic) bond motifs is 1. The standard InChI is InChI=1S/C11H14N4O.ClH/c1-2-9(12)11(16)14-8-3-4-10-7(5-8)6-13-15-10;/h3-6,9H,2,12H2,1H3,(H,13,15)(H,14,16);1H/t9-;/m0./s1. The predicted molar refractivity (Wildman–Crippen MR) is 70.2 cm³/mol. The van der Waals surface area contributed by atoms with Crippen molar-refractivity contribution in [3.05, 3.63) is 24.4 Å². The summed E-state index contributed by atoms with van der Waals surface area (Å²) in [5.41, 5.74) is 7.31. The van der Waals surface area contributed by atoms with Crippen molar-refractivity contribution >= 4 is 34.9 Å². The van der Waals surface area contributed by atoms with E-state index in [1.807, 2.05) is 25.1 Å². The summed E-state index contributed by atoms with van der Waals surface area (Å²) in [5.74, 6) is -0.162. The number of hydrogen-bond acceptors (Lipinski definition) is 3.